The van der Waals surface area contributed by atoms with E-state index in [1.54, 1.807) is 0 Å². The largest absolute Gasteiger partial charge is 1.00 e. The first-order valence-corrected chi connectivity index (χ1v) is 0.873. The zero-order valence-corrected chi connectivity index (χ0v) is 2.59. The van der Waals surface area contributed by atoms with Gasteiger partial charge >= 0.3 is 8.68 Å². The van der Waals surface area contributed by atoms with Crippen LogP contribution in [0.25, 0.3) is 0 Å². The van der Waals surface area contributed by atoms with Crippen molar-refractivity contribution in [2.45, 2.75) is 0 Å². The Morgan fingerprint density at radius 1 is 1.00 bits per heavy atom. The molecule has 40 valence electrons. The fourth-order valence-electron chi connectivity index (χ4n) is 0. The van der Waals surface area contributed by atoms with E-state index in [0.29, 0.717) is 0 Å². The minimum atomic E-state index is -6.00. The molecule has 0 saturated carbocycles. The van der Waals surface area contributed by atoms with Crippen molar-refractivity contribution >= 4 is 7.25 Å². The second kappa shape index (κ2) is 2.02. The quantitative estimate of drug-likeness (QED) is 0.319. The second-order valence-electron chi connectivity index (χ2n) is 0.495. The van der Waals surface area contributed by atoms with Gasteiger partial charge in [-0.1, -0.05) is 0 Å². The van der Waals surface area contributed by atoms with Gasteiger partial charge in [-0.05, 0) is 0 Å². The predicted molar refractivity (Wildman–Crippen MR) is 14.9 cm³/mol. The highest BCUT2D eigenvalue weighted by Crippen LogP contribution is 2.06. The van der Waals surface area contributed by atoms with Crippen molar-refractivity contribution in [3.63, 3.8) is 0 Å². The summed E-state index contributed by atoms with van der Waals surface area (Å²) in [6.45, 7) is 0. The van der Waals surface area contributed by atoms with Crippen molar-refractivity contribution in [1.29, 1.82) is 0 Å². The molecular weight excluding hydrogens is 103 g/mol. The van der Waals surface area contributed by atoms with E-state index in [9.17, 15) is 17.3 Å². The molecule has 6 heavy (non-hydrogen) atoms. The topological polar surface area (TPSA) is 31.5 Å². The van der Waals surface area contributed by atoms with E-state index < -0.39 is 7.25 Å². The van der Waals surface area contributed by atoms with E-state index in [-0.39, 0.29) is 6.90 Å². The molecule has 0 rings (SSSR count). The predicted octanol–water partition coefficient (Wildman–Crippen LogP) is 0.588. The summed E-state index contributed by atoms with van der Waals surface area (Å²) in [6.07, 6.45) is 0. The van der Waals surface area contributed by atoms with Crippen LogP contribution in [0.15, 0.2) is 0 Å². The maximum Gasteiger partial charge on any atom is 1.00 e. The van der Waals surface area contributed by atoms with Crippen LogP contribution in [-0.4, -0.2) is 12.7 Å². The fourth-order valence-corrected chi connectivity index (χ4v) is 0. The molecule has 0 aliphatic rings. The molecular formula is H3BF4O. The highest BCUT2D eigenvalue weighted by molar-refractivity contribution is 6.50. The Labute approximate surface area is 32.9 Å². The average Bonchev–Trinajstić information content (AvgIpc) is 0.722. The third-order valence-corrected chi connectivity index (χ3v) is 0. The Balaban J connectivity index is -0.0000000800. The number of hydrogen-bond donors (Lipinski definition) is 0. The molecule has 0 bridgehead atoms. The first-order chi connectivity index (χ1) is 2.00. The SMILES string of the molecule is F[B-](F)(F)F.O.[H+]. The first kappa shape index (κ1) is 9.22. The summed E-state index contributed by atoms with van der Waals surface area (Å²) in [7, 11) is -6.00. The minimum absolute atomic E-state index is 0. The third kappa shape index (κ3) is 434. The summed E-state index contributed by atoms with van der Waals surface area (Å²) >= 11 is 0. The van der Waals surface area contributed by atoms with Crippen LogP contribution in [0.1, 0.15) is 1.43 Å². The van der Waals surface area contributed by atoms with E-state index >= 15 is 0 Å². The first-order valence-electron chi connectivity index (χ1n) is 0.873. The molecule has 0 unspecified atom stereocenters. The van der Waals surface area contributed by atoms with E-state index in [0.717, 1.165) is 0 Å². The molecule has 0 aliphatic heterocycles. The van der Waals surface area contributed by atoms with Crippen molar-refractivity contribution in [3.05, 3.63) is 0 Å². The molecule has 0 aliphatic carbocycles. The molecule has 0 heterocycles. The van der Waals surface area contributed by atoms with Crippen LogP contribution in [0.5, 0.6) is 0 Å². The van der Waals surface area contributed by atoms with Crippen LogP contribution in [0.2, 0.25) is 0 Å². The van der Waals surface area contributed by atoms with Gasteiger partial charge in [-0.2, -0.15) is 0 Å². The second-order valence-corrected chi connectivity index (χ2v) is 0.495. The summed E-state index contributed by atoms with van der Waals surface area (Å²) in [5.74, 6) is 0. The van der Waals surface area contributed by atoms with Gasteiger partial charge in [0.05, 0.1) is 0 Å². The molecule has 0 atom stereocenters. The third-order valence-electron chi connectivity index (χ3n) is 0. The van der Waals surface area contributed by atoms with Crippen molar-refractivity contribution in [2.24, 2.45) is 0 Å². The molecule has 0 spiro atoms. The normalized spacial score (nSPS) is 10.0. The van der Waals surface area contributed by atoms with Gasteiger partial charge in [0.15, 0.2) is 0 Å². The van der Waals surface area contributed by atoms with Gasteiger partial charge in [-0.25, -0.2) is 0 Å². The van der Waals surface area contributed by atoms with Gasteiger partial charge in [-0.15, -0.1) is 0 Å². The Kier molecular flexibility index (Phi) is 3.10. The summed E-state index contributed by atoms with van der Waals surface area (Å²) in [5.41, 5.74) is 0. The molecule has 0 saturated heterocycles. The summed E-state index contributed by atoms with van der Waals surface area (Å²) in [6, 6.07) is 0. The van der Waals surface area contributed by atoms with Crippen molar-refractivity contribution < 1.29 is 24.2 Å². The van der Waals surface area contributed by atoms with Gasteiger partial charge in [0.25, 0.3) is 0 Å². The van der Waals surface area contributed by atoms with Crippen molar-refractivity contribution in [1.82, 2.24) is 0 Å². The molecule has 0 amide bonds. The summed E-state index contributed by atoms with van der Waals surface area (Å²) in [4.78, 5) is 0. The molecule has 0 aromatic carbocycles. The monoisotopic (exact) mass is 106 g/mol. The van der Waals surface area contributed by atoms with E-state index in [1.807, 2.05) is 0 Å². The fraction of sp³-hybridized carbons (Fsp3) is 0. The number of halogens is 4. The van der Waals surface area contributed by atoms with E-state index in [1.165, 1.54) is 0 Å². The lowest BCUT2D eigenvalue weighted by atomic mass is 10.3. The van der Waals surface area contributed by atoms with Gasteiger partial charge < -0.3 is 22.7 Å². The smallest absolute Gasteiger partial charge is 0.418 e. The molecule has 2 N–H and O–H groups in total. The maximum absolute atomic E-state index is 9.75. The zero-order chi connectivity index (χ0) is 4.50. The molecule has 0 aromatic rings. The van der Waals surface area contributed by atoms with Crippen LogP contribution >= 0.6 is 0 Å². The summed E-state index contributed by atoms with van der Waals surface area (Å²) < 4.78 is 39.0. The maximum atomic E-state index is 9.75. The highest BCUT2D eigenvalue weighted by Gasteiger charge is 2.20. The van der Waals surface area contributed by atoms with Crippen LogP contribution in [0.3, 0.4) is 0 Å². The van der Waals surface area contributed by atoms with Crippen LogP contribution < -0.4 is 0 Å². The Hall–Kier alpha value is -0.255. The molecule has 1 nitrogen and oxygen atoms in total. The lowest BCUT2D eigenvalue weighted by molar-refractivity contribution is 0.368. The number of hydrogen-bond acceptors (Lipinski definition) is 0. The van der Waals surface area contributed by atoms with Gasteiger partial charge in [0, 0.05) is 0 Å². The summed E-state index contributed by atoms with van der Waals surface area (Å²) in [5, 5.41) is 0. The zero-order valence-electron chi connectivity index (χ0n) is 3.59. The molecule has 0 fully saturated rings. The van der Waals surface area contributed by atoms with Crippen LogP contribution in [-0.2, 0) is 0 Å². The van der Waals surface area contributed by atoms with Gasteiger partial charge in [0.2, 0.25) is 0 Å². The van der Waals surface area contributed by atoms with E-state index in [4.69, 9.17) is 0 Å². The Morgan fingerprint density at radius 3 is 1.00 bits per heavy atom. The Bertz CT molecular complexity index is 27.2. The Morgan fingerprint density at radius 2 is 1.00 bits per heavy atom. The van der Waals surface area contributed by atoms with E-state index in [2.05, 4.69) is 0 Å². The van der Waals surface area contributed by atoms with Gasteiger partial charge in [0.1, 0.15) is 0 Å². The van der Waals surface area contributed by atoms with Crippen LogP contribution in [0, 0.1) is 0 Å². The van der Waals surface area contributed by atoms with Crippen LogP contribution in [0.4, 0.5) is 17.3 Å². The van der Waals surface area contributed by atoms with Gasteiger partial charge in [-0.3, -0.25) is 0 Å². The number of rotatable bonds is 0. The standard InChI is InChI=1S/BF4.H2O/c2-1(3,4)5;/h;1H2/q-1;/p+1. The molecule has 0 radical (unpaired) electrons. The minimum Gasteiger partial charge on any atom is -0.418 e. The van der Waals surface area contributed by atoms with Crippen molar-refractivity contribution in [2.75, 3.05) is 0 Å². The van der Waals surface area contributed by atoms with Crippen molar-refractivity contribution in [3.8, 4) is 0 Å². The molecule has 0 aromatic heterocycles. The lowest BCUT2D eigenvalue weighted by Gasteiger charge is -1.94. The lowest BCUT2D eigenvalue weighted by Crippen LogP contribution is -2.02. The average molecular weight is 106 g/mol. The highest BCUT2D eigenvalue weighted by atomic mass is 19.5. The molecule has 6 heteroatoms.